The molecule has 1 rings (SSSR count). The summed E-state index contributed by atoms with van der Waals surface area (Å²) in [6, 6.07) is 0.674. The molecule has 0 aliphatic heterocycles. The first-order valence-electron chi connectivity index (χ1n) is 8.68. The predicted molar refractivity (Wildman–Crippen MR) is 87.0 cm³/mol. The Hall–Kier alpha value is -0.120. The highest BCUT2D eigenvalue weighted by molar-refractivity contribution is 4.87. The average Bonchev–Trinajstić information content (AvgIpc) is 2.41. The molecule has 0 bridgehead atoms. The molecule has 0 spiro atoms. The minimum Gasteiger partial charge on any atom is -0.395 e. The highest BCUT2D eigenvalue weighted by Crippen LogP contribution is 2.34. The SMILES string of the molecule is CCCN(CCO)CC1CC(C(C)C)CCC1NCC. The van der Waals surface area contributed by atoms with Crippen LogP contribution in [0.4, 0.5) is 0 Å². The van der Waals surface area contributed by atoms with Crippen molar-refractivity contribution in [1.29, 1.82) is 0 Å². The number of nitrogens with zero attached hydrogens (tertiary/aromatic N) is 1. The minimum atomic E-state index is 0.284. The fourth-order valence-corrected chi connectivity index (χ4v) is 3.72. The van der Waals surface area contributed by atoms with E-state index in [0.717, 1.165) is 43.9 Å². The second kappa shape index (κ2) is 9.75. The Labute approximate surface area is 126 Å². The Bertz CT molecular complexity index is 239. The van der Waals surface area contributed by atoms with Gasteiger partial charge in [0, 0.05) is 19.1 Å². The van der Waals surface area contributed by atoms with Crippen LogP contribution in [0.3, 0.4) is 0 Å². The van der Waals surface area contributed by atoms with Gasteiger partial charge in [-0.1, -0.05) is 27.7 Å². The Morgan fingerprint density at radius 2 is 1.95 bits per heavy atom. The lowest BCUT2D eigenvalue weighted by Crippen LogP contribution is -2.47. The van der Waals surface area contributed by atoms with Crippen LogP contribution in [-0.4, -0.2) is 48.8 Å². The third-order valence-corrected chi connectivity index (χ3v) is 4.88. The van der Waals surface area contributed by atoms with E-state index >= 15 is 0 Å². The molecule has 0 amide bonds. The molecule has 0 heterocycles. The van der Waals surface area contributed by atoms with Crippen molar-refractivity contribution in [3.05, 3.63) is 0 Å². The van der Waals surface area contributed by atoms with Gasteiger partial charge in [-0.3, -0.25) is 0 Å². The largest absolute Gasteiger partial charge is 0.395 e. The third-order valence-electron chi connectivity index (χ3n) is 4.88. The molecule has 120 valence electrons. The first kappa shape index (κ1) is 17.9. The normalized spacial score (nSPS) is 27.4. The lowest BCUT2D eigenvalue weighted by Gasteiger charge is -2.40. The zero-order valence-electron chi connectivity index (χ0n) is 14.1. The number of aliphatic hydroxyl groups is 1. The molecule has 0 radical (unpaired) electrons. The molecule has 0 saturated heterocycles. The number of nitrogens with one attached hydrogen (secondary N) is 1. The van der Waals surface area contributed by atoms with Gasteiger partial charge in [0.1, 0.15) is 0 Å². The van der Waals surface area contributed by atoms with Crippen LogP contribution in [0, 0.1) is 17.8 Å². The van der Waals surface area contributed by atoms with Crippen LogP contribution in [0.2, 0.25) is 0 Å². The lowest BCUT2D eigenvalue weighted by molar-refractivity contribution is 0.109. The molecular weight excluding hydrogens is 248 g/mol. The Morgan fingerprint density at radius 3 is 2.50 bits per heavy atom. The van der Waals surface area contributed by atoms with Gasteiger partial charge in [-0.05, 0) is 56.5 Å². The zero-order valence-corrected chi connectivity index (χ0v) is 14.1. The molecule has 3 atom stereocenters. The quantitative estimate of drug-likeness (QED) is 0.683. The smallest absolute Gasteiger partial charge is 0.0558 e. The molecule has 0 aromatic heterocycles. The lowest BCUT2D eigenvalue weighted by atomic mass is 9.73. The van der Waals surface area contributed by atoms with Crippen molar-refractivity contribution in [2.24, 2.45) is 17.8 Å². The number of hydrogen-bond acceptors (Lipinski definition) is 3. The van der Waals surface area contributed by atoms with Crippen molar-refractivity contribution in [3.8, 4) is 0 Å². The Kier molecular flexibility index (Phi) is 8.74. The van der Waals surface area contributed by atoms with Crippen molar-refractivity contribution >= 4 is 0 Å². The highest BCUT2D eigenvalue weighted by Gasteiger charge is 2.32. The van der Waals surface area contributed by atoms with E-state index in [1.807, 2.05) is 0 Å². The van der Waals surface area contributed by atoms with Crippen LogP contribution in [0.5, 0.6) is 0 Å². The summed E-state index contributed by atoms with van der Waals surface area (Å²) in [6.45, 7) is 13.6. The topological polar surface area (TPSA) is 35.5 Å². The van der Waals surface area contributed by atoms with E-state index in [0.29, 0.717) is 6.04 Å². The van der Waals surface area contributed by atoms with Gasteiger partial charge in [0.25, 0.3) is 0 Å². The summed E-state index contributed by atoms with van der Waals surface area (Å²) in [7, 11) is 0. The summed E-state index contributed by atoms with van der Waals surface area (Å²) < 4.78 is 0. The van der Waals surface area contributed by atoms with E-state index in [1.54, 1.807) is 0 Å². The van der Waals surface area contributed by atoms with Crippen LogP contribution in [-0.2, 0) is 0 Å². The zero-order chi connectivity index (χ0) is 15.0. The number of hydrogen-bond donors (Lipinski definition) is 2. The van der Waals surface area contributed by atoms with Crippen molar-refractivity contribution in [1.82, 2.24) is 10.2 Å². The Balaban J connectivity index is 2.61. The molecule has 1 fully saturated rings. The van der Waals surface area contributed by atoms with Gasteiger partial charge in [0.2, 0.25) is 0 Å². The average molecular weight is 284 g/mol. The summed E-state index contributed by atoms with van der Waals surface area (Å²) in [6.07, 6.45) is 5.22. The monoisotopic (exact) mass is 284 g/mol. The van der Waals surface area contributed by atoms with Gasteiger partial charge in [0.15, 0.2) is 0 Å². The van der Waals surface area contributed by atoms with Crippen molar-refractivity contribution < 1.29 is 5.11 Å². The van der Waals surface area contributed by atoms with Crippen LogP contribution in [0.15, 0.2) is 0 Å². The molecule has 1 saturated carbocycles. The van der Waals surface area contributed by atoms with Gasteiger partial charge >= 0.3 is 0 Å². The summed E-state index contributed by atoms with van der Waals surface area (Å²) in [5.74, 6) is 2.43. The van der Waals surface area contributed by atoms with Crippen molar-refractivity contribution in [2.45, 2.75) is 59.4 Å². The standard InChI is InChI=1S/C17H36N2O/c1-5-9-19(10-11-20)13-16-12-15(14(3)4)7-8-17(16)18-6-2/h14-18,20H,5-13H2,1-4H3. The second-order valence-corrected chi connectivity index (χ2v) is 6.77. The summed E-state index contributed by atoms with van der Waals surface area (Å²) >= 11 is 0. The van der Waals surface area contributed by atoms with Gasteiger partial charge < -0.3 is 15.3 Å². The molecule has 1 aliphatic rings. The number of rotatable bonds is 9. The summed E-state index contributed by atoms with van der Waals surface area (Å²) in [5, 5.41) is 12.9. The van der Waals surface area contributed by atoms with Gasteiger partial charge in [-0.15, -0.1) is 0 Å². The maximum Gasteiger partial charge on any atom is 0.0558 e. The van der Waals surface area contributed by atoms with Gasteiger partial charge in [0.05, 0.1) is 6.61 Å². The second-order valence-electron chi connectivity index (χ2n) is 6.77. The van der Waals surface area contributed by atoms with E-state index in [-0.39, 0.29) is 6.61 Å². The molecule has 0 aromatic rings. The van der Waals surface area contributed by atoms with Gasteiger partial charge in [-0.2, -0.15) is 0 Å². The maximum atomic E-state index is 9.24. The molecule has 3 heteroatoms. The molecule has 3 unspecified atom stereocenters. The predicted octanol–water partition coefficient (Wildman–Crippen LogP) is 2.74. The molecule has 2 N–H and O–H groups in total. The number of aliphatic hydroxyl groups excluding tert-OH is 1. The first-order valence-corrected chi connectivity index (χ1v) is 8.68. The van der Waals surface area contributed by atoms with Crippen molar-refractivity contribution in [3.63, 3.8) is 0 Å². The van der Waals surface area contributed by atoms with Crippen LogP contribution >= 0.6 is 0 Å². The fourth-order valence-electron chi connectivity index (χ4n) is 3.72. The minimum absolute atomic E-state index is 0.284. The van der Waals surface area contributed by atoms with E-state index in [2.05, 4.69) is 37.9 Å². The fraction of sp³-hybridized carbons (Fsp3) is 1.00. The molecule has 3 nitrogen and oxygen atoms in total. The van der Waals surface area contributed by atoms with E-state index in [9.17, 15) is 5.11 Å². The van der Waals surface area contributed by atoms with Gasteiger partial charge in [-0.25, -0.2) is 0 Å². The molecule has 0 aromatic carbocycles. The Morgan fingerprint density at radius 1 is 1.20 bits per heavy atom. The van der Waals surface area contributed by atoms with E-state index in [4.69, 9.17) is 0 Å². The van der Waals surface area contributed by atoms with Crippen LogP contribution in [0.25, 0.3) is 0 Å². The maximum absolute atomic E-state index is 9.24. The molecule has 20 heavy (non-hydrogen) atoms. The summed E-state index contributed by atoms with van der Waals surface area (Å²) in [4.78, 5) is 2.46. The van der Waals surface area contributed by atoms with E-state index in [1.165, 1.54) is 25.7 Å². The first-order chi connectivity index (χ1) is 9.62. The summed E-state index contributed by atoms with van der Waals surface area (Å²) in [5.41, 5.74) is 0. The highest BCUT2D eigenvalue weighted by atomic mass is 16.3. The third kappa shape index (κ3) is 5.71. The molecule has 1 aliphatic carbocycles. The van der Waals surface area contributed by atoms with Crippen LogP contribution < -0.4 is 5.32 Å². The molecular formula is C17H36N2O. The van der Waals surface area contributed by atoms with Crippen molar-refractivity contribution in [2.75, 3.05) is 32.8 Å². The van der Waals surface area contributed by atoms with E-state index < -0.39 is 0 Å². The van der Waals surface area contributed by atoms with Crippen LogP contribution in [0.1, 0.15) is 53.4 Å².